The number of nitriles is 2. The predicted octanol–water partition coefficient (Wildman–Crippen LogP) is 2.73. The van der Waals surface area contributed by atoms with Gasteiger partial charge >= 0.3 is 173 Å². The third kappa shape index (κ3) is 4.55. The number of hydrogen-bond acceptors (Lipinski definition) is 5. The zero-order valence-electron chi connectivity index (χ0n) is 14.7. The molecule has 0 amide bonds. The molecule has 0 spiro atoms. The Balaban J connectivity index is 1.88. The van der Waals surface area contributed by atoms with E-state index in [4.69, 9.17) is 10.5 Å². The second kappa shape index (κ2) is 8.35. The van der Waals surface area contributed by atoms with Gasteiger partial charge in [0, 0.05) is 0 Å². The number of aryl methyl sites for hydroxylation is 2. The third-order valence-electron chi connectivity index (χ3n) is 3.92. The second-order valence-electron chi connectivity index (χ2n) is 5.93. The number of rotatable bonds is 4. The molecule has 1 heterocycles. The van der Waals surface area contributed by atoms with Crippen LogP contribution in [0.2, 0.25) is 0 Å². The zero-order valence-corrected chi connectivity index (χ0v) is 18.4. The maximum absolute atomic E-state index is 9.11. The van der Waals surface area contributed by atoms with E-state index in [2.05, 4.69) is 43.4 Å². The predicted molar refractivity (Wildman–Crippen MR) is 111 cm³/mol. The van der Waals surface area contributed by atoms with E-state index in [-0.39, 0.29) is 0 Å². The van der Waals surface area contributed by atoms with Gasteiger partial charge in [0.2, 0.25) is 0 Å². The van der Waals surface area contributed by atoms with E-state index in [1.54, 1.807) is 6.20 Å². The summed E-state index contributed by atoms with van der Waals surface area (Å²) in [5, 5.41) is 21.4. The number of anilines is 2. The summed E-state index contributed by atoms with van der Waals surface area (Å²) >= 11 is 2.80. The van der Waals surface area contributed by atoms with Gasteiger partial charge in [0.1, 0.15) is 0 Å². The minimum absolute atomic E-state index is 0.644. The molecule has 1 atom stereocenters. The van der Waals surface area contributed by atoms with Crippen molar-refractivity contribution in [3.05, 3.63) is 69.3 Å². The number of aromatic nitrogens is 2. The first-order valence-corrected chi connectivity index (χ1v) is 11.0. The second-order valence-corrected chi connectivity index (χ2v) is 9.45. The van der Waals surface area contributed by atoms with E-state index in [0.29, 0.717) is 16.9 Å². The van der Waals surface area contributed by atoms with Crippen molar-refractivity contribution in [3.63, 3.8) is 0 Å². The molecular weight excluding hydrogens is 465 g/mol. The van der Waals surface area contributed by atoms with Crippen molar-refractivity contribution in [3.8, 4) is 12.1 Å². The van der Waals surface area contributed by atoms with Gasteiger partial charge in [-0.25, -0.2) is 0 Å². The van der Waals surface area contributed by atoms with E-state index in [1.165, 1.54) is 0 Å². The summed E-state index contributed by atoms with van der Waals surface area (Å²) in [6.07, 6.45) is 1.76. The van der Waals surface area contributed by atoms with Crippen molar-refractivity contribution < 1.29 is 0 Å². The molecule has 2 aromatic carbocycles. The molecule has 0 aliphatic carbocycles. The molecule has 5 nitrogen and oxygen atoms in total. The Kier molecular flexibility index (Phi) is 5.91. The van der Waals surface area contributed by atoms with Crippen LogP contribution < -0.4 is 14.3 Å². The monoisotopic (exact) mass is 479 g/mol. The number of halogens is 1. The Morgan fingerprint density at radius 2 is 1.63 bits per heavy atom. The molecule has 7 heteroatoms. The third-order valence-corrected chi connectivity index (χ3v) is 6.78. The molecule has 0 fully saturated rings. The average Bonchev–Trinajstić information content (AvgIpc) is 2.67. The van der Waals surface area contributed by atoms with Gasteiger partial charge in [0.25, 0.3) is 0 Å². The molecule has 0 aliphatic rings. The van der Waals surface area contributed by atoms with Gasteiger partial charge in [0.15, 0.2) is 0 Å². The molecule has 132 valence electrons. The number of hydrogen-bond donors (Lipinski definition) is 1. The van der Waals surface area contributed by atoms with E-state index < -0.39 is 15.8 Å². The number of nitrogens with zero attached hydrogens (tertiary/aromatic N) is 4. The number of benzene rings is 2. The Hall–Kier alpha value is -2.66. The van der Waals surface area contributed by atoms with Gasteiger partial charge < -0.3 is 0 Å². The van der Waals surface area contributed by atoms with Gasteiger partial charge in [-0.05, 0) is 0 Å². The fourth-order valence-electron chi connectivity index (χ4n) is 2.62. The van der Waals surface area contributed by atoms with Crippen LogP contribution in [0.4, 0.5) is 11.5 Å². The van der Waals surface area contributed by atoms with Crippen molar-refractivity contribution in [1.29, 1.82) is 10.5 Å². The van der Waals surface area contributed by atoms with Gasteiger partial charge in [-0.2, -0.15) is 0 Å². The molecule has 27 heavy (non-hydrogen) atoms. The fourth-order valence-corrected chi connectivity index (χ4v) is 4.77. The van der Waals surface area contributed by atoms with Crippen molar-refractivity contribution in [2.45, 2.75) is 13.8 Å². The summed E-state index contributed by atoms with van der Waals surface area (Å²) in [7, 11) is 0. The standard InChI is InChI=1S/C20H15AsBrN5/c1-12-7-15(10-24)8-13(2)18(12)26-19-17(22)11-25-20(27-19)21-16-5-3-14(9-23)4-6-16/h3-8,11,21H,1-2H3,(H,25,26,27). The Labute approximate surface area is 172 Å². The SMILES string of the molecule is Cc1cc(C#N)cc(C)c1Nc1nc([AsH]c2ccc(C#N)cc2)ncc1Br. The fraction of sp³-hybridized carbons (Fsp3) is 0.100. The summed E-state index contributed by atoms with van der Waals surface area (Å²) in [6.45, 7) is 3.94. The van der Waals surface area contributed by atoms with Crippen LogP contribution in [-0.2, 0) is 0 Å². The Morgan fingerprint density at radius 1 is 1.00 bits per heavy atom. The van der Waals surface area contributed by atoms with Crippen molar-refractivity contribution in [2.75, 3.05) is 5.32 Å². The first-order valence-electron chi connectivity index (χ1n) is 8.08. The van der Waals surface area contributed by atoms with Crippen LogP contribution in [0, 0.1) is 36.5 Å². The van der Waals surface area contributed by atoms with Gasteiger partial charge in [0.05, 0.1) is 0 Å². The molecule has 0 bridgehead atoms. The minimum atomic E-state index is -0.708. The molecule has 0 saturated carbocycles. The summed E-state index contributed by atoms with van der Waals surface area (Å²) < 4.78 is 2.74. The molecule has 0 radical (unpaired) electrons. The van der Waals surface area contributed by atoms with Crippen LogP contribution >= 0.6 is 15.9 Å². The van der Waals surface area contributed by atoms with Gasteiger partial charge in [-0.15, -0.1) is 0 Å². The summed E-state index contributed by atoms with van der Waals surface area (Å²) in [5.74, 6) is 0.702. The van der Waals surface area contributed by atoms with Crippen LogP contribution in [0.1, 0.15) is 22.3 Å². The Morgan fingerprint density at radius 3 is 2.22 bits per heavy atom. The molecule has 0 saturated heterocycles. The van der Waals surface area contributed by atoms with E-state index in [9.17, 15) is 0 Å². The van der Waals surface area contributed by atoms with Crippen molar-refractivity contribution in [2.24, 2.45) is 0 Å². The molecule has 1 aromatic heterocycles. The van der Waals surface area contributed by atoms with Crippen LogP contribution in [-0.4, -0.2) is 25.7 Å². The average molecular weight is 480 g/mol. The van der Waals surface area contributed by atoms with Gasteiger partial charge in [-0.1, -0.05) is 0 Å². The topological polar surface area (TPSA) is 85.4 Å². The summed E-state index contributed by atoms with van der Waals surface area (Å²) in [6, 6.07) is 15.6. The number of nitrogens with one attached hydrogen (secondary N) is 1. The zero-order chi connectivity index (χ0) is 19.4. The van der Waals surface area contributed by atoms with E-state index in [1.807, 2.05) is 50.2 Å². The maximum atomic E-state index is 9.11. The summed E-state index contributed by atoms with van der Waals surface area (Å²) in [5.41, 5.74) is 4.21. The summed E-state index contributed by atoms with van der Waals surface area (Å²) in [4.78, 5) is 9.13. The molecule has 1 unspecified atom stereocenters. The van der Waals surface area contributed by atoms with Crippen molar-refractivity contribution in [1.82, 2.24) is 9.97 Å². The molecule has 3 rings (SSSR count). The quantitative estimate of drug-likeness (QED) is 0.581. The van der Waals surface area contributed by atoms with Crippen LogP contribution in [0.5, 0.6) is 0 Å². The van der Waals surface area contributed by atoms with E-state index in [0.717, 1.165) is 30.3 Å². The van der Waals surface area contributed by atoms with Crippen LogP contribution in [0.3, 0.4) is 0 Å². The van der Waals surface area contributed by atoms with Crippen LogP contribution in [0.15, 0.2) is 47.1 Å². The van der Waals surface area contributed by atoms with Gasteiger partial charge in [-0.3, -0.25) is 0 Å². The molecule has 0 aliphatic heterocycles. The first-order chi connectivity index (χ1) is 13.0. The Bertz CT molecular complexity index is 1060. The molecule has 1 N–H and O–H groups in total. The molecule has 3 aromatic rings. The normalized spacial score (nSPS) is 10.6. The van der Waals surface area contributed by atoms with Crippen LogP contribution in [0.25, 0.3) is 0 Å². The van der Waals surface area contributed by atoms with E-state index >= 15 is 0 Å². The molecular formula is C20H15AsBrN5. The van der Waals surface area contributed by atoms with Crippen molar-refractivity contribution >= 4 is 52.2 Å². The first kappa shape index (κ1) is 19.1.